The number of nitrogens with one attached hydrogen (secondary N) is 1. The van der Waals surface area contributed by atoms with E-state index in [0.717, 1.165) is 32.1 Å². The first-order valence-electron chi connectivity index (χ1n) is 14.6. The SMILES string of the molecule is COc1cc2nc(-c3ccc(CC(=O)Nc4cc(C5(C(F)(F)F)CC5)on4)c(F)c3)cnc2cc1OCCN1CC2CC(C1)O2. The van der Waals surface area contributed by atoms with E-state index in [1.54, 1.807) is 25.3 Å². The van der Waals surface area contributed by atoms with Crippen LogP contribution in [0.3, 0.4) is 0 Å². The van der Waals surface area contributed by atoms with Gasteiger partial charge in [-0.05, 0) is 24.5 Å². The van der Waals surface area contributed by atoms with Crippen molar-refractivity contribution in [1.82, 2.24) is 20.0 Å². The van der Waals surface area contributed by atoms with E-state index in [0.29, 0.717) is 52.6 Å². The van der Waals surface area contributed by atoms with Crippen molar-refractivity contribution >= 4 is 22.8 Å². The van der Waals surface area contributed by atoms with E-state index < -0.39 is 23.3 Å². The van der Waals surface area contributed by atoms with Crippen molar-refractivity contribution in [2.45, 2.75) is 49.5 Å². The highest BCUT2D eigenvalue weighted by molar-refractivity contribution is 5.91. The standard InChI is InChI=1S/C31H29F4N5O5/c1-42-25-12-23-22(11-26(25)43-7-6-40-15-19-10-20(16-40)44-19)36-14-24(37-23)18-3-2-17(21(32)8-18)9-29(41)38-28-13-27(45-39-28)30(4-5-30)31(33,34)35/h2-3,8,11-14,19-20H,4-7,9-10,15-16H2,1H3,(H,38,39,41). The number of carbonyl (C=O) groups is 1. The summed E-state index contributed by atoms with van der Waals surface area (Å²) in [5.74, 6) is -0.775. The number of amides is 1. The molecule has 4 fully saturated rings. The van der Waals surface area contributed by atoms with Crippen LogP contribution < -0.4 is 14.8 Å². The predicted molar refractivity (Wildman–Crippen MR) is 153 cm³/mol. The van der Waals surface area contributed by atoms with E-state index in [1.165, 1.54) is 18.3 Å². The Morgan fingerprint density at radius 2 is 1.87 bits per heavy atom. The number of rotatable bonds is 10. The highest BCUT2D eigenvalue weighted by Crippen LogP contribution is 2.59. The van der Waals surface area contributed by atoms with Crippen LogP contribution in [-0.4, -0.2) is 77.7 Å². The van der Waals surface area contributed by atoms with Gasteiger partial charge in [0.1, 0.15) is 17.8 Å². The first-order valence-corrected chi connectivity index (χ1v) is 14.6. The first-order chi connectivity index (χ1) is 21.6. The zero-order valence-corrected chi connectivity index (χ0v) is 24.2. The number of ether oxygens (including phenoxy) is 3. The molecule has 1 amide bonds. The number of aromatic nitrogens is 3. The molecule has 1 N–H and O–H groups in total. The molecule has 236 valence electrons. The lowest BCUT2D eigenvalue weighted by molar-refractivity contribution is -0.181. The normalized spacial score (nSPS) is 20.5. The highest BCUT2D eigenvalue weighted by Gasteiger charge is 2.67. The van der Waals surface area contributed by atoms with Crippen LogP contribution in [0.2, 0.25) is 0 Å². The maximum atomic E-state index is 15.1. The van der Waals surface area contributed by atoms with Crippen LogP contribution >= 0.6 is 0 Å². The summed E-state index contributed by atoms with van der Waals surface area (Å²) in [6.45, 7) is 3.08. The Kier molecular flexibility index (Phi) is 7.35. The number of morpholine rings is 1. The van der Waals surface area contributed by atoms with Gasteiger partial charge in [-0.2, -0.15) is 13.2 Å². The third-order valence-electron chi connectivity index (χ3n) is 8.57. The molecule has 4 aromatic rings. The Morgan fingerprint density at radius 3 is 2.56 bits per heavy atom. The van der Waals surface area contributed by atoms with Gasteiger partial charge < -0.3 is 24.1 Å². The van der Waals surface area contributed by atoms with E-state index >= 15 is 4.39 Å². The molecule has 2 unspecified atom stereocenters. The van der Waals surface area contributed by atoms with Gasteiger partial charge in [0.2, 0.25) is 5.91 Å². The number of anilines is 1. The van der Waals surface area contributed by atoms with Crippen molar-refractivity contribution < 1.29 is 41.1 Å². The van der Waals surface area contributed by atoms with Gasteiger partial charge >= 0.3 is 6.18 Å². The number of alkyl halides is 3. The van der Waals surface area contributed by atoms with Gasteiger partial charge in [-0.1, -0.05) is 17.3 Å². The second-order valence-corrected chi connectivity index (χ2v) is 11.7. The van der Waals surface area contributed by atoms with Crippen LogP contribution in [0, 0.1) is 5.82 Å². The Hall–Kier alpha value is -4.30. The molecular formula is C31H29F4N5O5. The second kappa shape index (κ2) is 11.2. The Balaban J connectivity index is 0.996. The lowest BCUT2D eigenvalue weighted by atomic mass is 9.99. The smallest absolute Gasteiger partial charge is 0.401 e. The summed E-state index contributed by atoms with van der Waals surface area (Å²) in [5.41, 5.74) is -0.0137. The van der Waals surface area contributed by atoms with Gasteiger partial charge in [0, 0.05) is 49.8 Å². The first kappa shape index (κ1) is 29.4. The summed E-state index contributed by atoms with van der Waals surface area (Å²) in [4.78, 5) is 24.0. The fraction of sp³-hybridized carbons (Fsp3) is 0.419. The molecule has 4 aliphatic rings. The van der Waals surface area contributed by atoms with Gasteiger partial charge in [0.15, 0.2) is 23.1 Å². The molecule has 8 rings (SSSR count). The van der Waals surface area contributed by atoms with E-state index in [1.807, 2.05) is 0 Å². The number of methoxy groups -OCH3 is 1. The number of carbonyl (C=O) groups excluding carboxylic acids is 1. The number of fused-ring (bicyclic) bond motifs is 3. The fourth-order valence-electron chi connectivity index (χ4n) is 5.90. The van der Waals surface area contributed by atoms with E-state index in [-0.39, 0.29) is 36.4 Å². The summed E-state index contributed by atoms with van der Waals surface area (Å²) in [5, 5.41) is 5.91. The third-order valence-corrected chi connectivity index (χ3v) is 8.57. The molecule has 2 bridgehead atoms. The molecule has 0 spiro atoms. The number of benzene rings is 2. The van der Waals surface area contributed by atoms with Crippen molar-refractivity contribution in [3.8, 4) is 22.8 Å². The molecule has 3 aliphatic heterocycles. The minimum Gasteiger partial charge on any atom is -0.493 e. The third kappa shape index (κ3) is 5.79. The molecule has 45 heavy (non-hydrogen) atoms. The van der Waals surface area contributed by atoms with Gasteiger partial charge in [-0.3, -0.25) is 14.7 Å². The summed E-state index contributed by atoms with van der Waals surface area (Å²) >= 11 is 0. The molecule has 5 heterocycles. The van der Waals surface area contributed by atoms with Gasteiger partial charge in [0.05, 0.1) is 48.7 Å². The Labute approximate surface area is 254 Å². The predicted octanol–water partition coefficient (Wildman–Crippen LogP) is 5.06. The maximum absolute atomic E-state index is 15.1. The van der Waals surface area contributed by atoms with Crippen molar-refractivity contribution in [1.29, 1.82) is 0 Å². The molecule has 2 atom stereocenters. The largest absolute Gasteiger partial charge is 0.493 e. The van der Waals surface area contributed by atoms with Gasteiger partial charge in [-0.15, -0.1) is 0 Å². The van der Waals surface area contributed by atoms with E-state index in [2.05, 4.69) is 25.3 Å². The maximum Gasteiger partial charge on any atom is 0.401 e. The molecule has 14 heteroatoms. The average Bonchev–Trinajstić information content (AvgIpc) is 3.70. The summed E-state index contributed by atoms with van der Waals surface area (Å²) < 4.78 is 77.2. The number of hydrogen-bond acceptors (Lipinski definition) is 9. The van der Waals surface area contributed by atoms with Crippen molar-refractivity contribution in [3.63, 3.8) is 0 Å². The topological polar surface area (TPSA) is 112 Å². The van der Waals surface area contributed by atoms with Crippen LogP contribution in [-0.2, 0) is 21.4 Å². The molecule has 1 saturated carbocycles. The molecule has 0 radical (unpaired) electrons. The van der Waals surface area contributed by atoms with Crippen molar-refractivity contribution in [2.24, 2.45) is 0 Å². The van der Waals surface area contributed by atoms with Crippen LogP contribution in [0.5, 0.6) is 11.5 Å². The molecule has 3 saturated heterocycles. The van der Waals surface area contributed by atoms with E-state index in [9.17, 15) is 18.0 Å². The Morgan fingerprint density at radius 1 is 1.11 bits per heavy atom. The van der Waals surface area contributed by atoms with Crippen LogP contribution in [0.4, 0.5) is 23.4 Å². The molecule has 2 aromatic heterocycles. The van der Waals surface area contributed by atoms with Crippen LogP contribution in [0.25, 0.3) is 22.3 Å². The molecular weight excluding hydrogens is 598 g/mol. The number of hydrogen-bond donors (Lipinski definition) is 1. The fourth-order valence-corrected chi connectivity index (χ4v) is 5.90. The van der Waals surface area contributed by atoms with Crippen LogP contribution in [0.15, 0.2) is 47.1 Å². The minimum absolute atomic E-state index is 0.0836. The molecule has 10 nitrogen and oxygen atoms in total. The average molecular weight is 628 g/mol. The number of nitrogens with zero attached hydrogens (tertiary/aromatic N) is 4. The van der Waals surface area contributed by atoms with E-state index in [4.69, 9.17) is 18.7 Å². The molecule has 1 aliphatic carbocycles. The number of piperidine rings is 1. The number of halogens is 4. The van der Waals surface area contributed by atoms with Crippen LogP contribution in [0.1, 0.15) is 30.6 Å². The Bertz CT molecular complexity index is 1740. The quantitative estimate of drug-likeness (QED) is 0.241. The lowest BCUT2D eigenvalue weighted by Gasteiger charge is -2.47. The van der Waals surface area contributed by atoms with Gasteiger partial charge in [0.25, 0.3) is 0 Å². The van der Waals surface area contributed by atoms with Gasteiger partial charge in [-0.25, -0.2) is 9.37 Å². The second-order valence-electron chi connectivity index (χ2n) is 11.7. The van der Waals surface area contributed by atoms with Crippen molar-refractivity contribution in [2.75, 3.05) is 38.7 Å². The lowest BCUT2D eigenvalue weighted by Crippen LogP contribution is -2.57. The minimum atomic E-state index is -4.47. The zero-order chi connectivity index (χ0) is 31.3. The molecule has 2 aromatic carbocycles. The zero-order valence-electron chi connectivity index (χ0n) is 24.2. The summed E-state index contributed by atoms with van der Waals surface area (Å²) in [7, 11) is 1.54. The van der Waals surface area contributed by atoms with Crippen molar-refractivity contribution in [3.05, 3.63) is 59.7 Å². The highest BCUT2D eigenvalue weighted by atomic mass is 19.4. The summed E-state index contributed by atoms with van der Waals surface area (Å²) in [6, 6.07) is 8.85. The summed E-state index contributed by atoms with van der Waals surface area (Å²) in [6.07, 6.45) is -1.71. The monoisotopic (exact) mass is 627 g/mol.